The van der Waals surface area contributed by atoms with Crippen LogP contribution in [0, 0.1) is 0 Å². The lowest BCUT2D eigenvalue weighted by Crippen LogP contribution is -2.49. The third kappa shape index (κ3) is 3.14. The lowest BCUT2D eigenvalue weighted by molar-refractivity contribution is 0.357. The average Bonchev–Trinajstić information content (AvgIpc) is 2.68. The number of hydrogen-bond donors (Lipinski definition) is 1. The monoisotopic (exact) mass is 346 g/mol. The van der Waals surface area contributed by atoms with Gasteiger partial charge in [-0.05, 0) is 50.8 Å². The van der Waals surface area contributed by atoms with Gasteiger partial charge in [0.1, 0.15) is 0 Å². The van der Waals surface area contributed by atoms with E-state index in [0.29, 0.717) is 33.2 Å². The van der Waals surface area contributed by atoms with Crippen LogP contribution in [-0.2, 0) is 0 Å². The van der Waals surface area contributed by atoms with Gasteiger partial charge in [0, 0.05) is 23.1 Å². The fraction of sp³-hybridized carbons (Fsp3) is 0.625. The number of piperidine rings is 1. The van der Waals surface area contributed by atoms with E-state index in [1.165, 1.54) is 32.1 Å². The Kier molecular flexibility index (Phi) is 4.90. The van der Waals surface area contributed by atoms with Gasteiger partial charge in [-0.25, -0.2) is 0 Å². The molecule has 2 aliphatic heterocycles. The quantitative estimate of drug-likeness (QED) is 0.810. The van der Waals surface area contributed by atoms with Crippen molar-refractivity contribution in [2.75, 3.05) is 11.4 Å². The van der Waals surface area contributed by atoms with E-state index < -0.39 is 0 Å². The number of nitrogens with one attached hydrogen (secondary N) is 1. The van der Waals surface area contributed by atoms with Crippen molar-refractivity contribution in [2.24, 2.45) is 0 Å². The van der Waals surface area contributed by atoms with E-state index in [9.17, 15) is 0 Å². The van der Waals surface area contributed by atoms with Gasteiger partial charge in [0.05, 0.1) is 15.7 Å². The Morgan fingerprint density at radius 1 is 1.10 bits per heavy atom. The Labute approximate surface area is 141 Å². The molecule has 2 atom stereocenters. The SMILES string of the molecule is CCCNC1CC2CCC(C1)N2c1c(Cl)cc(Cl)cc1Cl. The summed E-state index contributed by atoms with van der Waals surface area (Å²) in [5.74, 6) is 0. The zero-order valence-electron chi connectivity index (χ0n) is 12.2. The van der Waals surface area contributed by atoms with Gasteiger partial charge >= 0.3 is 0 Å². The van der Waals surface area contributed by atoms with Gasteiger partial charge < -0.3 is 10.2 Å². The molecule has 2 heterocycles. The molecule has 2 saturated heterocycles. The van der Waals surface area contributed by atoms with Crippen LogP contribution in [0.25, 0.3) is 0 Å². The molecule has 21 heavy (non-hydrogen) atoms. The first-order valence-corrected chi connectivity index (χ1v) is 8.89. The molecule has 0 aromatic heterocycles. The normalized spacial score (nSPS) is 28.2. The van der Waals surface area contributed by atoms with Gasteiger partial charge in [-0.1, -0.05) is 41.7 Å². The first kappa shape index (κ1) is 15.7. The lowest BCUT2D eigenvalue weighted by atomic mass is 9.96. The zero-order chi connectivity index (χ0) is 15.0. The van der Waals surface area contributed by atoms with Crippen LogP contribution in [0.4, 0.5) is 5.69 Å². The predicted octanol–water partition coefficient (Wildman–Crippen LogP) is 5.15. The summed E-state index contributed by atoms with van der Waals surface area (Å²) in [6.07, 6.45) is 5.98. The third-order valence-electron chi connectivity index (χ3n) is 4.66. The highest BCUT2D eigenvalue weighted by molar-refractivity contribution is 6.41. The number of nitrogens with zero attached hydrogens (tertiary/aromatic N) is 1. The molecular weight excluding hydrogens is 327 g/mol. The maximum Gasteiger partial charge on any atom is 0.0751 e. The van der Waals surface area contributed by atoms with Crippen molar-refractivity contribution in [1.82, 2.24) is 5.32 Å². The number of benzene rings is 1. The first-order valence-electron chi connectivity index (χ1n) is 7.76. The maximum absolute atomic E-state index is 6.42. The van der Waals surface area contributed by atoms with Gasteiger partial charge in [-0.3, -0.25) is 0 Å². The molecule has 2 fully saturated rings. The smallest absolute Gasteiger partial charge is 0.0751 e. The number of fused-ring (bicyclic) bond motifs is 2. The largest absolute Gasteiger partial charge is 0.363 e. The second kappa shape index (κ2) is 6.54. The van der Waals surface area contributed by atoms with Gasteiger partial charge in [0.25, 0.3) is 0 Å². The van der Waals surface area contributed by atoms with Crippen molar-refractivity contribution < 1.29 is 0 Å². The molecule has 0 radical (unpaired) electrons. The number of halogens is 3. The van der Waals surface area contributed by atoms with Crippen LogP contribution >= 0.6 is 34.8 Å². The molecule has 1 N–H and O–H groups in total. The number of anilines is 1. The highest BCUT2D eigenvalue weighted by Crippen LogP contribution is 2.46. The number of hydrogen-bond acceptors (Lipinski definition) is 2. The molecule has 0 amide bonds. The van der Waals surface area contributed by atoms with Crippen LogP contribution in [0.5, 0.6) is 0 Å². The van der Waals surface area contributed by atoms with Crippen molar-refractivity contribution in [2.45, 2.75) is 57.2 Å². The van der Waals surface area contributed by atoms with Gasteiger partial charge in [0.2, 0.25) is 0 Å². The minimum Gasteiger partial charge on any atom is -0.363 e. The van der Waals surface area contributed by atoms with Crippen LogP contribution in [0.1, 0.15) is 39.0 Å². The summed E-state index contributed by atoms with van der Waals surface area (Å²) in [5, 5.41) is 5.61. The molecule has 5 heteroatoms. The molecule has 1 aromatic carbocycles. The third-order valence-corrected chi connectivity index (χ3v) is 5.45. The van der Waals surface area contributed by atoms with Crippen molar-refractivity contribution in [1.29, 1.82) is 0 Å². The van der Waals surface area contributed by atoms with Gasteiger partial charge in [-0.15, -0.1) is 0 Å². The standard InChI is InChI=1S/C16H21Cl3N2/c1-2-5-20-11-8-12-3-4-13(9-11)21(12)16-14(18)6-10(17)7-15(16)19/h6-7,11-13,20H,2-5,8-9H2,1H3. The summed E-state index contributed by atoms with van der Waals surface area (Å²) >= 11 is 18.9. The van der Waals surface area contributed by atoms with Crippen LogP contribution in [-0.4, -0.2) is 24.7 Å². The lowest BCUT2D eigenvalue weighted by Gasteiger charge is -2.41. The van der Waals surface area contributed by atoms with Crippen LogP contribution in [0.2, 0.25) is 15.1 Å². The maximum atomic E-state index is 6.42. The Hall–Kier alpha value is -0.150. The Balaban J connectivity index is 1.82. The summed E-state index contributed by atoms with van der Waals surface area (Å²) in [7, 11) is 0. The van der Waals surface area contributed by atoms with Crippen molar-refractivity contribution in [3.63, 3.8) is 0 Å². The Bertz CT molecular complexity index is 483. The van der Waals surface area contributed by atoms with E-state index in [2.05, 4.69) is 17.1 Å². The minimum absolute atomic E-state index is 0.536. The van der Waals surface area contributed by atoms with Crippen LogP contribution in [0.3, 0.4) is 0 Å². The molecule has 0 saturated carbocycles. The zero-order valence-corrected chi connectivity index (χ0v) is 14.5. The van der Waals surface area contributed by atoms with E-state index in [4.69, 9.17) is 34.8 Å². The summed E-state index contributed by atoms with van der Waals surface area (Å²) < 4.78 is 0. The van der Waals surface area contributed by atoms with E-state index in [0.717, 1.165) is 12.2 Å². The van der Waals surface area contributed by atoms with Crippen molar-refractivity contribution in [3.05, 3.63) is 27.2 Å². The highest BCUT2D eigenvalue weighted by Gasteiger charge is 2.41. The summed E-state index contributed by atoms with van der Waals surface area (Å²) in [6.45, 7) is 3.32. The van der Waals surface area contributed by atoms with E-state index in [1.807, 2.05) is 0 Å². The molecule has 2 nitrogen and oxygen atoms in total. The minimum atomic E-state index is 0.536. The predicted molar refractivity (Wildman–Crippen MR) is 92.1 cm³/mol. The molecule has 2 bridgehead atoms. The number of rotatable bonds is 4. The Morgan fingerprint density at radius 2 is 1.67 bits per heavy atom. The molecule has 0 aliphatic carbocycles. The van der Waals surface area contributed by atoms with Crippen molar-refractivity contribution in [3.8, 4) is 0 Å². The molecule has 1 aromatic rings. The molecule has 2 aliphatic rings. The van der Waals surface area contributed by atoms with Crippen LogP contribution < -0.4 is 10.2 Å². The van der Waals surface area contributed by atoms with Crippen molar-refractivity contribution >= 4 is 40.5 Å². The molecule has 0 spiro atoms. The second-order valence-electron chi connectivity index (χ2n) is 6.13. The van der Waals surface area contributed by atoms with E-state index >= 15 is 0 Å². The fourth-order valence-electron chi connectivity index (χ4n) is 3.84. The van der Waals surface area contributed by atoms with Gasteiger partial charge in [-0.2, -0.15) is 0 Å². The molecule has 2 unspecified atom stereocenters. The van der Waals surface area contributed by atoms with Gasteiger partial charge in [0.15, 0.2) is 0 Å². The molecular formula is C16H21Cl3N2. The highest BCUT2D eigenvalue weighted by atomic mass is 35.5. The molecule has 116 valence electrons. The second-order valence-corrected chi connectivity index (χ2v) is 7.38. The topological polar surface area (TPSA) is 15.3 Å². The summed E-state index contributed by atoms with van der Waals surface area (Å²) in [4.78, 5) is 2.45. The van der Waals surface area contributed by atoms with Crippen LogP contribution in [0.15, 0.2) is 12.1 Å². The Morgan fingerprint density at radius 3 is 2.19 bits per heavy atom. The average molecular weight is 348 g/mol. The van der Waals surface area contributed by atoms with E-state index in [-0.39, 0.29) is 0 Å². The van der Waals surface area contributed by atoms with E-state index in [1.54, 1.807) is 12.1 Å². The first-order chi connectivity index (χ1) is 10.1. The summed E-state index contributed by atoms with van der Waals surface area (Å²) in [5.41, 5.74) is 0.976. The summed E-state index contributed by atoms with van der Waals surface area (Å²) in [6, 6.07) is 5.29. The molecule has 3 rings (SSSR count). The fourth-order valence-corrected chi connectivity index (χ4v) is 4.85.